The number of nitrogens with one attached hydrogen (secondary N) is 2. The molecule has 0 radical (unpaired) electrons. The number of hydrogen-bond donors (Lipinski definition) is 2. The summed E-state index contributed by atoms with van der Waals surface area (Å²) in [6, 6.07) is 10.2. The number of hydrogen-bond acceptors (Lipinski definition) is 6. The number of methoxy groups -OCH3 is 1. The van der Waals surface area contributed by atoms with Gasteiger partial charge in [0, 0.05) is 23.2 Å². The molecule has 2 aromatic carbocycles. The van der Waals surface area contributed by atoms with E-state index in [9.17, 15) is 9.59 Å². The molecule has 0 atom stereocenters. The van der Waals surface area contributed by atoms with Gasteiger partial charge in [0.05, 0.1) is 39.1 Å². The van der Waals surface area contributed by atoms with Gasteiger partial charge in [0.25, 0.3) is 0 Å². The normalized spacial score (nSPS) is 12.8. The number of likely N-dealkylation sites (N-methyl/N-ethyl adjacent to an activating group) is 1. The average molecular weight is 434 g/mol. The van der Waals surface area contributed by atoms with Crippen molar-refractivity contribution in [3.63, 3.8) is 0 Å². The van der Waals surface area contributed by atoms with Crippen molar-refractivity contribution in [1.29, 1.82) is 0 Å². The zero-order valence-electron chi connectivity index (χ0n) is 16.9. The maximum absolute atomic E-state index is 12.3. The highest BCUT2D eigenvalue weighted by atomic mass is 35.5. The second-order valence-corrected chi connectivity index (χ2v) is 7.26. The lowest BCUT2D eigenvalue weighted by atomic mass is 10.2. The highest BCUT2D eigenvalue weighted by Gasteiger charge is 2.15. The van der Waals surface area contributed by atoms with Gasteiger partial charge in [-0.3, -0.25) is 14.5 Å². The summed E-state index contributed by atoms with van der Waals surface area (Å²) < 4.78 is 16.4. The first kappa shape index (κ1) is 21.7. The third-order valence-corrected chi connectivity index (χ3v) is 4.53. The Morgan fingerprint density at radius 1 is 1.03 bits per heavy atom. The minimum absolute atomic E-state index is 0.0181. The molecule has 160 valence electrons. The second-order valence-electron chi connectivity index (χ2n) is 6.83. The smallest absolute Gasteiger partial charge is 0.238 e. The van der Waals surface area contributed by atoms with Crippen LogP contribution in [0.1, 0.15) is 6.42 Å². The van der Waals surface area contributed by atoms with Gasteiger partial charge in [0.2, 0.25) is 11.8 Å². The van der Waals surface area contributed by atoms with E-state index in [0.29, 0.717) is 46.9 Å². The summed E-state index contributed by atoms with van der Waals surface area (Å²) in [5.74, 6) is 1.23. The zero-order valence-corrected chi connectivity index (χ0v) is 17.6. The van der Waals surface area contributed by atoms with Crippen molar-refractivity contribution in [2.45, 2.75) is 6.42 Å². The van der Waals surface area contributed by atoms with Crippen molar-refractivity contribution < 1.29 is 23.8 Å². The van der Waals surface area contributed by atoms with Gasteiger partial charge in [0.15, 0.2) is 11.5 Å². The van der Waals surface area contributed by atoms with Crippen LogP contribution >= 0.6 is 11.6 Å². The van der Waals surface area contributed by atoms with Gasteiger partial charge in [-0.15, -0.1) is 0 Å². The second kappa shape index (κ2) is 10.2. The predicted molar refractivity (Wildman–Crippen MR) is 115 cm³/mol. The number of amides is 2. The van der Waals surface area contributed by atoms with Crippen LogP contribution in [-0.2, 0) is 9.59 Å². The molecule has 1 aliphatic rings. The Kier molecular flexibility index (Phi) is 7.37. The van der Waals surface area contributed by atoms with Crippen LogP contribution in [0.5, 0.6) is 17.2 Å². The van der Waals surface area contributed by atoms with Crippen molar-refractivity contribution in [3.8, 4) is 17.2 Å². The number of ether oxygens (including phenoxy) is 3. The van der Waals surface area contributed by atoms with Gasteiger partial charge < -0.3 is 24.8 Å². The van der Waals surface area contributed by atoms with E-state index in [2.05, 4.69) is 10.6 Å². The fraction of sp³-hybridized carbons (Fsp3) is 0.333. The SMILES string of the molecule is COc1ccc(Cl)cc1NC(=O)CN(C)CC(=O)Nc1ccc2c(c1)OCCCO2. The molecule has 0 fully saturated rings. The fourth-order valence-corrected chi connectivity index (χ4v) is 3.13. The Hall–Kier alpha value is -2.97. The predicted octanol–water partition coefficient (Wildman–Crippen LogP) is 3.02. The molecule has 0 unspecified atom stereocenters. The molecule has 0 spiro atoms. The quantitative estimate of drug-likeness (QED) is 0.697. The average Bonchev–Trinajstić information content (AvgIpc) is 2.92. The van der Waals surface area contributed by atoms with E-state index in [1.54, 1.807) is 48.3 Å². The number of nitrogens with zero attached hydrogens (tertiary/aromatic N) is 1. The number of carbonyl (C=O) groups excluding carboxylic acids is 2. The molecule has 8 nitrogen and oxygen atoms in total. The molecule has 30 heavy (non-hydrogen) atoms. The summed E-state index contributed by atoms with van der Waals surface area (Å²) in [7, 11) is 3.19. The molecule has 9 heteroatoms. The minimum atomic E-state index is -0.290. The Bertz CT molecular complexity index is 922. The Morgan fingerprint density at radius 2 is 1.73 bits per heavy atom. The summed E-state index contributed by atoms with van der Waals surface area (Å²) in [5, 5.41) is 6.03. The molecular formula is C21H24ClN3O5. The van der Waals surface area contributed by atoms with E-state index < -0.39 is 0 Å². The van der Waals surface area contributed by atoms with Gasteiger partial charge in [-0.1, -0.05) is 11.6 Å². The third-order valence-electron chi connectivity index (χ3n) is 4.29. The van der Waals surface area contributed by atoms with Gasteiger partial charge in [-0.25, -0.2) is 0 Å². The van der Waals surface area contributed by atoms with E-state index in [-0.39, 0.29) is 24.9 Å². The van der Waals surface area contributed by atoms with Gasteiger partial charge in [0.1, 0.15) is 5.75 Å². The zero-order chi connectivity index (χ0) is 21.5. The van der Waals surface area contributed by atoms with E-state index in [0.717, 1.165) is 6.42 Å². The topological polar surface area (TPSA) is 89.1 Å². The van der Waals surface area contributed by atoms with Crippen LogP contribution in [0.4, 0.5) is 11.4 Å². The number of fused-ring (bicyclic) bond motifs is 1. The number of benzene rings is 2. The molecule has 2 N–H and O–H groups in total. The van der Waals surface area contributed by atoms with Crippen LogP contribution in [0.2, 0.25) is 5.02 Å². The van der Waals surface area contributed by atoms with Crippen molar-refractivity contribution in [2.24, 2.45) is 0 Å². The van der Waals surface area contributed by atoms with Gasteiger partial charge in [-0.05, 0) is 37.4 Å². The van der Waals surface area contributed by atoms with Crippen LogP contribution in [0, 0.1) is 0 Å². The Morgan fingerprint density at radius 3 is 2.47 bits per heavy atom. The first-order valence-electron chi connectivity index (χ1n) is 9.46. The molecule has 1 aliphatic heterocycles. The van der Waals surface area contributed by atoms with Crippen LogP contribution in [-0.4, -0.2) is 57.2 Å². The minimum Gasteiger partial charge on any atom is -0.495 e. The lowest BCUT2D eigenvalue weighted by Gasteiger charge is -2.17. The highest BCUT2D eigenvalue weighted by molar-refractivity contribution is 6.31. The molecule has 0 aliphatic carbocycles. The largest absolute Gasteiger partial charge is 0.495 e. The standard InChI is InChI=1S/C21H24ClN3O5/c1-25(13-21(27)24-16-10-14(22)4-6-17(16)28-2)12-20(26)23-15-5-7-18-19(11-15)30-9-3-8-29-18/h4-7,10-11H,3,8-9,12-13H2,1-2H3,(H,23,26)(H,24,27). The molecule has 0 saturated carbocycles. The molecule has 2 aromatic rings. The van der Waals surface area contributed by atoms with Crippen LogP contribution in [0.15, 0.2) is 36.4 Å². The maximum atomic E-state index is 12.3. The Labute approximate surface area is 180 Å². The first-order valence-corrected chi connectivity index (χ1v) is 9.84. The lowest BCUT2D eigenvalue weighted by Crippen LogP contribution is -2.36. The van der Waals surface area contributed by atoms with Crippen molar-refractivity contribution in [3.05, 3.63) is 41.4 Å². The summed E-state index contributed by atoms with van der Waals surface area (Å²) >= 11 is 5.98. The first-order chi connectivity index (χ1) is 14.4. The van der Waals surface area contributed by atoms with E-state index in [1.165, 1.54) is 7.11 Å². The summed E-state index contributed by atoms with van der Waals surface area (Å²) in [6.45, 7) is 1.23. The fourth-order valence-electron chi connectivity index (χ4n) is 2.96. The Balaban J connectivity index is 1.51. The number of carbonyl (C=O) groups is 2. The number of rotatable bonds is 7. The highest BCUT2D eigenvalue weighted by Crippen LogP contribution is 2.32. The van der Waals surface area contributed by atoms with Crippen LogP contribution in [0.3, 0.4) is 0 Å². The number of anilines is 2. The molecule has 3 rings (SSSR count). The van der Waals surface area contributed by atoms with E-state index >= 15 is 0 Å². The van der Waals surface area contributed by atoms with Crippen molar-refractivity contribution in [2.75, 3.05) is 51.1 Å². The summed E-state index contributed by atoms with van der Waals surface area (Å²) in [5.41, 5.74) is 1.07. The molecule has 1 heterocycles. The lowest BCUT2D eigenvalue weighted by molar-refractivity contribution is -0.119. The molecule has 0 bridgehead atoms. The van der Waals surface area contributed by atoms with Gasteiger partial charge >= 0.3 is 0 Å². The number of halogens is 1. The summed E-state index contributed by atoms with van der Waals surface area (Å²) in [4.78, 5) is 26.3. The van der Waals surface area contributed by atoms with E-state index in [4.69, 9.17) is 25.8 Å². The molecule has 0 saturated heterocycles. The van der Waals surface area contributed by atoms with Crippen molar-refractivity contribution in [1.82, 2.24) is 4.90 Å². The molecule has 0 aromatic heterocycles. The van der Waals surface area contributed by atoms with Gasteiger partial charge in [-0.2, -0.15) is 0 Å². The molecular weight excluding hydrogens is 410 g/mol. The monoisotopic (exact) mass is 433 g/mol. The molecule has 2 amide bonds. The van der Waals surface area contributed by atoms with Crippen LogP contribution < -0.4 is 24.8 Å². The third kappa shape index (κ3) is 6.01. The van der Waals surface area contributed by atoms with Crippen molar-refractivity contribution >= 4 is 34.8 Å². The van der Waals surface area contributed by atoms with Crippen LogP contribution in [0.25, 0.3) is 0 Å². The van der Waals surface area contributed by atoms with E-state index in [1.807, 2.05) is 0 Å². The maximum Gasteiger partial charge on any atom is 0.238 e. The summed E-state index contributed by atoms with van der Waals surface area (Å²) in [6.07, 6.45) is 0.810.